The molecule has 0 radical (unpaired) electrons. The summed E-state index contributed by atoms with van der Waals surface area (Å²) in [5.74, 6) is 1.31. The standard InChI is InChI=1S/C24H30N4O/c1-3-28-22-12-5-4-11-21(22)26-23(28)17-27-13-7-10-20(16-27)24(29)25-15-19-9-6-8-18(2)14-19/h4-6,8-9,11-12,14,20H,3,7,10,13,15-17H2,1-2H3,(H,25,29)/t20-/m1/s1. The minimum absolute atomic E-state index is 0.0491. The number of carbonyl (C=O) groups is 1. The van der Waals surface area contributed by atoms with Crippen molar-refractivity contribution in [1.29, 1.82) is 0 Å². The molecule has 1 atom stereocenters. The van der Waals surface area contributed by atoms with Gasteiger partial charge in [0.25, 0.3) is 0 Å². The highest BCUT2D eigenvalue weighted by Gasteiger charge is 2.26. The fraction of sp³-hybridized carbons (Fsp3) is 0.417. The number of aryl methyl sites for hydroxylation is 2. The van der Waals surface area contributed by atoms with Crippen molar-refractivity contribution in [3.63, 3.8) is 0 Å². The van der Waals surface area contributed by atoms with Gasteiger partial charge in [0.05, 0.1) is 23.5 Å². The first-order valence-electron chi connectivity index (χ1n) is 10.6. The van der Waals surface area contributed by atoms with E-state index in [1.165, 1.54) is 11.1 Å². The molecule has 3 aromatic rings. The predicted molar refractivity (Wildman–Crippen MR) is 116 cm³/mol. The molecule has 0 aliphatic carbocycles. The van der Waals surface area contributed by atoms with Crippen LogP contribution in [-0.2, 0) is 24.4 Å². The lowest BCUT2D eigenvalue weighted by molar-refractivity contribution is -0.127. The quantitative estimate of drug-likeness (QED) is 0.695. The first-order valence-corrected chi connectivity index (χ1v) is 10.6. The molecule has 5 nitrogen and oxygen atoms in total. The van der Waals surface area contributed by atoms with Gasteiger partial charge in [-0.2, -0.15) is 0 Å². The smallest absolute Gasteiger partial charge is 0.224 e. The van der Waals surface area contributed by atoms with Crippen LogP contribution in [0.1, 0.15) is 36.7 Å². The molecule has 0 spiro atoms. The molecule has 0 unspecified atom stereocenters. The average Bonchev–Trinajstić information content (AvgIpc) is 3.09. The van der Waals surface area contributed by atoms with Crippen LogP contribution in [0.15, 0.2) is 48.5 Å². The van der Waals surface area contributed by atoms with Gasteiger partial charge in [0, 0.05) is 19.6 Å². The van der Waals surface area contributed by atoms with E-state index < -0.39 is 0 Å². The Kier molecular flexibility index (Phi) is 5.95. The van der Waals surface area contributed by atoms with Crippen LogP contribution in [0.2, 0.25) is 0 Å². The fourth-order valence-electron chi connectivity index (χ4n) is 4.37. The average molecular weight is 391 g/mol. The molecule has 2 aromatic carbocycles. The number of aromatic nitrogens is 2. The summed E-state index contributed by atoms with van der Waals surface area (Å²) in [6, 6.07) is 16.6. The molecule has 1 fully saturated rings. The summed E-state index contributed by atoms with van der Waals surface area (Å²) in [7, 11) is 0. The molecule has 0 saturated carbocycles. The van der Waals surface area contributed by atoms with Crippen LogP contribution in [0.4, 0.5) is 0 Å². The first kappa shape index (κ1) is 19.6. The van der Waals surface area contributed by atoms with Crippen LogP contribution in [0.3, 0.4) is 0 Å². The number of fused-ring (bicyclic) bond motifs is 1. The predicted octanol–water partition coefficient (Wildman–Crippen LogP) is 3.89. The lowest BCUT2D eigenvalue weighted by Gasteiger charge is -2.31. The highest BCUT2D eigenvalue weighted by Crippen LogP contribution is 2.21. The SMILES string of the molecule is CCn1c(CN2CCC[C@@H](C(=O)NCc3cccc(C)c3)C2)nc2ccccc21. The third-order valence-electron chi connectivity index (χ3n) is 5.84. The number of nitrogens with one attached hydrogen (secondary N) is 1. The summed E-state index contributed by atoms with van der Waals surface area (Å²) in [5, 5.41) is 3.14. The molecule has 1 amide bonds. The van der Waals surface area contributed by atoms with Crippen LogP contribution in [-0.4, -0.2) is 33.4 Å². The van der Waals surface area contributed by atoms with E-state index in [2.05, 4.69) is 65.0 Å². The number of rotatable bonds is 6. The van der Waals surface area contributed by atoms with Gasteiger partial charge in [0.1, 0.15) is 5.82 Å². The number of carbonyl (C=O) groups excluding carboxylic acids is 1. The Balaban J connectivity index is 1.39. The Hall–Kier alpha value is -2.66. The molecule has 1 aromatic heterocycles. The Labute approximate surface area is 172 Å². The maximum absolute atomic E-state index is 12.8. The molecule has 1 aliphatic rings. The molecule has 1 N–H and O–H groups in total. The summed E-state index contributed by atoms with van der Waals surface area (Å²) < 4.78 is 2.29. The third kappa shape index (κ3) is 4.51. The third-order valence-corrected chi connectivity index (χ3v) is 5.84. The zero-order valence-corrected chi connectivity index (χ0v) is 17.4. The van der Waals surface area contributed by atoms with Crippen LogP contribution in [0.5, 0.6) is 0 Å². The van der Waals surface area contributed by atoms with Crippen LogP contribution in [0.25, 0.3) is 11.0 Å². The second-order valence-electron chi connectivity index (χ2n) is 8.04. The largest absolute Gasteiger partial charge is 0.352 e. The maximum Gasteiger partial charge on any atom is 0.224 e. The zero-order valence-electron chi connectivity index (χ0n) is 17.4. The summed E-state index contributed by atoms with van der Waals surface area (Å²) >= 11 is 0. The number of likely N-dealkylation sites (tertiary alicyclic amines) is 1. The number of hydrogen-bond acceptors (Lipinski definition) is 3. The fourth-order valence-corrected chi connectivity index (χ4v) is 4.37. The van der Waals surface area contributed by atoms with Crippen molar-refractivity contribution in [2.45, 2.75) is 46.3 Å². The molecule has 29 heavy (non-hydrogen) atoms. The highest BCUT2D eigenvalue weighted by atomic mass is 16.1. The van der Waals surface area contributed by atoms with Crippen molar-refractivity contribution in [3.8, 4) is 0 Å². The minimum atomic E-state index is 0.0491. The number of imidazole rings is 1. The van der Waals surface area contributed by atoms with Gasteiger partial charge >= 0.3 is 0 Å². The van der Waals surface area contributed by atoms with Crippen LogP contribution < -0.4 is 5.32 Å². The summed E-state index contributed by atoms with van der Waals surface area (Å²) in [4.78, 5) is 20.0. The second kappa shape index (κ2) is 8.78. The number of benzene rings is 2. The van der Waals surface area contributed by atoms with Crippen LogP contribution in [0, 0.1) is 12.8 Å². The Morgan fingerprint density at radius 3 is 2.90 bits per heavy atom. The van der Waals surface area contributed by atoms with Gasteiger partial charge in [0.2, 0.25) is 5.91 Å². The number of nitrogens with zero attached hydrogens (tertiary/aromatic N) is 3. The van der Waals surface area contributed by atoms with E-state index in [4.69, 9.17) is 4.98 Å². The van der Waals surface area contributed by atoms with Gasteiger partial charge in [-0.3, -0.25) is 9.69 Å². The van der Waals surface area contributed by atoms with Crippen molar-refractivity contribution in [1.82, 2.24) is 19.8 Å². The number of amides is 1. The van der Waals surface area contributed by atoms with Gasteiger partial charge < -0.3 is 9.88 Å². The van der Waals surface area contributed by atoms with E-state index in [1.54, 1.807) is 0 Å². The monoisotopic (exact) mass is 390 g/mol. The van der Waals surface area contributed by atoms with Gasteiger partial charge in [-0.15, -0.1) is 0 Å². The lowest BCUT2D eigenvalue weighted by atomic mass is 9.97. The molecule has 1 aliphatic heterocycles. The topological polar surface area (TPSA) is 50.2 Å². The van der Waals surface area contributed by atoms with E-state index in [9.17, 15) is 4.79 Å². The molecule has 5 heteroatoms. The van der Waals surface area contributed by atoms with Gasteiger partial charge in [-0.1, -0.05) is 42.0 Å². The van der Waals surface area contributed by atoms with Crippen LogP contribution >= 0.6 is 0 Å². The van der Waals surface area contributed by atoms with Crippen molar-refractivity contribution >= 4 is 16.9 Å². The van der Waals surface area contributed by atoms with Crippen molar-refractivity contribution in [2.75, 3.05) is 13.1 Å². The number of piperidine rings is 1. The maximum atomic E-state index is 12.8. The van der Waals surface area contributed by atoms with E-state index in [0.717, 1.165) is 55.9 Å². The molecule has 1 saturated heterocycles. The molecule has 0 bridgehead atoms. The summed E-state index contributed by atoms with van der Waals surface area (Å²) in [5.41, 5.74) is 4.62. The molecule has 4 rings (SSSR count). The first-order chi connectivity index (χ1) is 14.1. The highest BCUT2D eigenvalue weighted by molar-refractivity contribution is 5.79. The minimum Gasteiger partial charge on any atom is -0.352 e. The van der Waals surface area contributed by atoms with E-state index in [0.29, 0.717) is 6.54 Å². The molecular weight excluding hydrogens is 360 g/mol. The Bertz CT molecular complexity index is 993. The van der Waals surface area contributed by atoms with E-state index >= 15 is 0 Å². The van der Waals surface area contributed by atoms with Gasteiger partial charge in [0.15, 0.2) is 0 Å². The molecule has 152 valence electrons. The lowest BCUT2D eigenvalue weighted by Crippen LogP contribution is -2.42. The number of hydrogen-bond donors (Lipinski definition) is 1. The van der Waals surface area contributed by atoms with Gasteiger partial charge in [-0.05, 0) is 50.9 Å². The zero-order chi connectivity index (χ0) is 20.2. The van der Waals surface area contributed by atoms with Crippen molar-refractivity contribution in [3.05, 3.63) is 65.5 Å². The van der Waals surface area contributed by atoms with Crippen molar-refractivity contribution < 1.29 is 4.79 Å². The Morgan fingerprint density at radius 1 is 1.21 bits per heavy atom. The van der Waals surface area contributed by atoms with Gasteiger partial charge in [-0.25, -0.2) is 4.98 Å². The van der Waals surface area contributed by atoms with E-state index in [1.807, 2.05) is 12.1 Å². The normalized spacial score (nSPS) is 17.5. The molecular formula is C24H30N4O. The Morgan fingerprint density at radius 2 is 2.07 bits per heavy atom. The molecule has 2 heterocycles. The van der Waals surface area contributed by atoms with Crippen molar-refractivity contribution in [2.24, 2.45) is 5.92 Å². The second-order valence-corrected chi connectivity index (χ2v) is 8.04. The van der Waals surface area contributed by atoms with E-state index in [-0.39, 0.29) is 11.8 Å². The summed E-state index contributed by atoms with van der Waals surface area (Å²) in [6.45, 7) is 8.36. The summed E-state index contributed by atoms with van der Waals surface area (Å²) in [6.07, 6.45) is 2.01. The number of para-hydroxylation sites is 2.